The van der Waals surface area contributed by atoms with E-state index in [1.807, 2.05) is 30.3 Å². The highest BCUT2D eigenvalue weighted by Gasteiger charge is 2.22. The summed E-state index contributed by atoms with van der Waals surface area (Å²) in [5.41, 5.74) is 0.886. The number of hydrogen-bond acceptors (Lipinski definition) is 4. The van der Waals surface area contributed by atoms with Crippen LogP contribution in [0.25, 0.3) is 0 Å². The lowest BCUT2D eigenvalue weighted by molar-refractivity contribution is -0.140. The first-order valence-corrected chi connectivity index (χ1v) is 7.12. The van der Waals surface area contributed by atoms with Gasteiger partial charge in [0.15, 0.2) is 5.12 Å². The van der Waals surface area contributed by atoms with Crippen molar-refractivity contribution in [1.82, 2.24) is 5.32 Å². The van der Waals surface area contributed by atoms with Gasteiger partial charge in [-0.2, -0.15) is 0 Å². The molecule has 1 aromatic carbocycles. The molecular weight excluding hydrogens is 278 g/mol. The van der Waals surface area contributed by atoms with Crippen LogP contribution in [0, 0.1) is 0 Å². The van der Waals surface area contributed by atoms with Gasteiger partial charge >= 0.3 is 5.97 Å². The molecule has 1 amide bonds. The maximum Gasteiger partial charge on any atom is 0.327 e. The van der Waals surface area contributed by atoms with Gasteiger partial charge in [-0.05, 0) is 5.56 Å². The highest BCUT2D eigenvalue weighted by molar-refractivity contribution is 8.13. The van der Waals surface area contributed by atoms with Crippen LogP contribution in [0.4, 0.5) is 0 Å². The first-order chi connectivity index (χ1) is 9.41. The van der Waals surface area contributed by atoms with Gasteiger partial charge in [0.2, 0.25) is 5.91 Å². The Morgan fingerprint density at radius 2 is 1.85 bits per heavy atom. The van der Waals surface area contributed by atoms with Gasteiger partial charge in [-0.15, -0.1) is 0 Å². The van der Waals surface area contributed by atoms with Crippen LogP contribution in [-0.4, -0.2) is 33.9 Å². The summed E-state index contributed by atoms with van der Waals surface area (Å²) in [7, 11) is 0. The van der Waals surface area contributed by atoms with E-state index in [2.05, 4.69) is 5.32 Å². The van der Waals surface area contributed by atoms with E-state index in [0.717, 1.165) is 17.3 Å². The molecule has 0 aliphatic rings. The predicted molar refractivity (Wildman–Crippen MR) is 77.6 cm³/mol. The predicted octanol–water partition coefficient (Wildman–Crippen LogP) is 1.64. The molecule has 1 unspecified atom stereocenters. The second kappa shape index (κ2) is 7.69. The van der Waals surface area contributed by atoms with Crippen molar-refractivity contribution in [2.45, 2.75) is 25.8 Å². The summed E-state index contributed by atoms with van der Waals surface area (Å²) in [6.45, 7) is 3.02. The fourth-order valence-corrected chi connectivity index (χ4v) is 2.53. The SMILES string of the molecule is CC(=O)N[C@@H](CSC(=O)C(C)c1ccccc1)C(=O)O. The van der Waals surface area contributed by atoms with Crippen molar-refractivity contribution in [3.8, 4) is 0 Å². The molecule has 20 heavy (non-hydrogen) atoms. The lowest BCUT2D eigenvalue weighted by Crippen LogP contribution is -2.41. The smallest absolute Gasteiger partial charge is 0.327 e. The number of carbonyl (C=O) groups is 3. The zero-order valence-electron chi connectivity index (χ0n) is 11.3. The Bertz CT molecular complexity index is 489. The summed E-state index contributed by atoms with van der Waals surface area (Å²) in [6.07, 6.45) is 0. The molecule has 2 atom stereocenters. The van der Waals surface area contributed by atoms with Crippen molar-refractivity contribution in [2.24, 2.45) is 0 Å². The molecule has 0 fully saturated rings. The summed E-state index contributed by atoms with van der Waals surface area (Å²) in [4.78, 5) is 33.9. The molecule has 0 aromatic heterocycles. The van der Waals surface area contributed by atoms with E-state index in [4.69, 9.17) is 5.11 Å². The summed E-state index contributed by atoms with van der Waals surface area (Å²) < 4.78 is 0. The van der Waals surface area contributed by atoms with Crippen LogP contribution in [0.3, 0.4) is 0 Å². The van der Waals surface area contributed by atoms with Crippen molar-refractivity contribution in [2.75, 3.05) is 5.75 Å². The molecule has 0 bridgehead atoms. The summed E-state index contributed by atoms with van der Waals surface area (Å²) in [5, 5.41) is 11.1. The second-order valence-electron chi connectivity index (χ2n) is 4.35. The minimum absolute atomic E-state index is 0.0188. The number of thioether (sulfide) groups is 1. The average Bonchev–Trinajstić information content (AvgIpc) is 2.42. The molecule has 1 rings (SSSR count). The van der Waals surface area contributed by atoms with E-state index >= 15 is 0 Å². The lowest BCUT2D eigenvalue weighted by atomic mass is 10.0. The third-order valence-electron chi connectivity index (χ3n) is 2.72. The maximum atomic E-state index is 12.0. The maximum absolute atomic E-state index is 12.0. The van der Waals surface area contributed by atoms with Crippen LogP contribution >= 0.6 is 11.8 Å². The molecule has 5 nitrogen and oxygen atoms in total. The number of amides is 1. The number of hydrogen-bond donors (Lipinski definition) is 2. The summed E-state index contributed by atoms with van der Waals surface area (Å²) in [6, 6.07) is 8.22. The normalized spacial score (nSPS) is 13.3. The molecule has 0 radical (unpaired) electrons. The van der Waals surface area contributed by atoms with Crippen LogP contribution in [0.1, 0.15) is 25.3 Å². The summed E-state index contributed by atoms with van der Waals surface area (Å²) in [5.74, 6) is -1.87. The van der Waals surface area contributed by atoms with E-state index < -0.39 is 17.9 Å². The molecule has 0 spiro atoms. The van der Waals surface area contributed by atoms with Crippen LogP contribution < -0.4 is 5.32 Å². The zero-order chi connectivity index (χ0) is 15.1. The Labute approximate surface area is 121 Å². The van der Waals surface area contributed by atoms with Gasteiger partial charge in [-0.3, -0.25) is 9.59 Å². The van der Waals surface area contributed by atoms with Crippen molar-refractivity contribution >= 4 is 28.8 Å². The number of aliphatic carboxylic acids is 1. The number of carboxylic acids is 1. The first-order valence-electron chi connectivity index (χ1n) is 6.13. The molecule has 2 N–H and O–H groups in total. The fraction of sp³-hybridized carbons (Fsp3) is 0.357. The van der Waals surface area contributed by atoms with Gasteiger partial charge in [0.25, 0.3) is 0 Å². The van der Waals surface area contributed by atoms with Gasteiger partial charge in [0, 0.05) is 12.7 Å². The van der Waals surface area contributed by atoms with E-state index in [1.54, 1.807) is 6.92 Å². The Kier molecular flexibility index (Phi) is 6.24. The zero-order valence-corrected chi connectivity index (χ0v) is 12.1. The van der Waals surface area contributed by atoms with Gasteiger partial charge < -0.3 is 10.4 Å². The number of rotatable bonds is 6. The number of carbonyl (C=O) groups excluding carboxylic acids is 2. The molecule has 0 aliphatic carbocycles. The summed E-state index contributed by atoms with van der Waals surface area (Å²) >= 11 is 0.923. The molecule has 0 saturated heterocycles. The quantitative estimate of drug-likeness (QED) is 0.833. The fourth-order valence-electron chi connectivity index (χ4n) is 1.59. The van der Waals surface area contributed by atoms with Gasteiger partial charge in [0.1, 0.15) is 6.04 Å². The third kappa shape index (κ3) is 5.05. The Balaban J connectivity index is 2.57. The van der Waals surface area contributed by atoms with E-state index in [0.29, 0.717) is 0 Å². The molecule has 6 heteroatoms. The monoisotopic (exact) mass is 295 g/mol. The van der Waals surface area contributed by atoms with E-state index in [-0.39, 0.29) is 16.8 Å². The van der Waals surface area contributed by atoms with Gasteiger partial charge in [0.05, 0.1) is 5.92 Å². The number of carboxylic acid groups (broad SMARTS) is 1. The molecule has 0 heterocycles. The Morgan fingerprint density at radius 3 is 2.35 bits per heavy atom. The second-order valence-corrected chi connectivity index (χ2v) is 5.38. The van der Waals surface area contributed by atoms with Crippen LogP contribution in [0.5, 0.6) is 0 Å². The lowest BCUT2D eigenvalue weighted by Gasteiger charge is -2.14. The standard InChI is InChI=1S/C14H17NO4S/c1-9(11-6-4-3-5-7-11)14(19)20-8-12(13(17)18)15-10(2)16/h3-7,9,12H,8H2,1-2H3,(H,15,16)(H,17,18)/t9?,12-/m0/s1. The van der Waals surface area contributed by atoms with Crippen molar-refractivity contribution in [3.05, 3.63) is 35.9 Å². The largest absolute Gasteiger partial charge is 0.480 e. The number of nitrogens with one attached hydrogen (secondary N) is 1. The molecule has 1 aromatic rings. The first kappa shape index (κ1) is 16.2. The minimum atomic E-state index is -1.15. The number of benzene rings is 1. The van der Waals surface area contributed by atoms with Crippen molar-refractivity contribution in [1.29, 1.82) is 0 Å². The van der Waals surface area contributed by atoms with Crippen LogP contribution in [-0.2, 0) is 14.4 Å². The van der Waals surface area contributed by atoms with E-state index in [1.165, 1.54) is 6.92 Å². The molecular formula is C14H17NO4S. The van der Waals surface area contributed by atoms with Crippen LogP contribution in [0.2, 0.25) is 0 Å². The third-order valence-corrected chi connectivity index (χ3v) is 3.86. The molecule has 0 saturated carbocycles. The Hall–Kier alpha value is -1.82. The van der Waals surface area contributed by atoms with Gasteiger partial charge in [-0.25, -0.2) is 4.79 Å². The molecule has 0 aliphatic heterocycles. The average molecular weight is 295 g/mol. The highest BCUT2D eigenvalue weighted by Crippen LogP contribution is 2.22. The highest BCUT2D eigenvalue weighted by atomic mass is 32.2. The van der Waals surface area contributed by atoms with Crippen molar-refractivity contribution < 1.29 is 19.5 Å². The van der Waals surface area contributed by atoms with Gasteiger partial charge in [-0.1, -0.05) is 49.0 Å². The van der Waals surface area contributed by atoms with Crippen molar-refractivity contribution in [3.63, 3.8) is 0 Å². The van der Waals surface area contributed by atoms with Crippen LogP contribution in [0.15, 0.2) is 30.3 Å². The van der Waals surface area contributed by atoms with E-state index in [9.17, 15) is 14.4 Å². The Morgan fingerprint density at radius 1 is 1.25 bits per heavy atom. The molecule has 108 valence electrons. The minimum Gasteiger partial charge on any atom is -0.480 e. The topological polar surface area (TPSA) is 83.5 Å².